The van der Waals surface area contributed by atoms with Gasteiger partial charge < -0.3 is 0 Å². The molecule has 29 heavy (non-hydrogen) atoms. The van der Waals surface area contributed by atoms with Gasteiger partial charge in [-0.2, -0.15) is 0 Å². The van der Waals surface area contributed by atoms with E-state index in [9.17, 15) is 4.79 Å². The Bertz CT molecular complexity index is 1390. The van der Waals surface area contributed by atoms with Crippen molar-refractivity contribution in [2.24, 2.45) is 0 Å². The summed E-state index contributed by atoms with van der Waals surface area (Å²) in [6, 6.07) is 24.5. The topological polar surface area (TPSA) is 47.8 Å². The van der Waals surface area contributed by atoms with E-state index in [4.69, 9.17) is 16.6 Å². The Labute approximate surface area is 175 Å². The van der Waals surface area contributed by atoms with Crippen molar-refractivity contribution in [3.8, 4) is 27.6 Å². The summed E-state index contributed by atoms with van der Waals surface area (Å²) in [5, 5.41) is 1.03. The van der Waals surface area contributed by atoms with Crippen LogP contribution in [0.1, 0.15) is 0 Å². The Balaban J connectivity index is 1.88. The van der Waals surface area contributed by atoms with Gasteiger partial charge in [-0.3, -0.25) is 9.36 Å². The van der Waals surface area contributed by atoms with Crippen molar-refractivity contribution < 1.29 is 0 Å². The Morgan fingerprint density at radius 1 is 0.862 bits per heavy atom. The monoisotopic (exact) mass is 415 g/mol. The van der Waals surface area contributed by atoms with E-state index in [1.807, 2.05) is 66.7 Å². The summed E-state index contributed by atoms with van der Waals surface area (Å²) in [5.74, 6) is 0.531. The van der Waals surface area contributed by atoms with Crippen LogP contribution < -0.4 is 5.56 Å². The second kappa shape index (κ2) is 7.28. The molecule has 0 saturated carbocycles. The molecule has 0 saturated heterocycles. The van der Waals surface area contributed by atoms with Gasteiger partial charge in [-0.1, -0.05) is 66.2 Å². The van der Waals surface area contributed by atoms with Gasteiger partial charge >= 0.3 is 0 Å². The van der Waals surface area contributed by atoms with Crippen molar-refractivity contribution in [2.45, 2.75) is 0 Å². The van der Waals surface area contributed by atoms with Crippen LogP contribution in [0.2, 0.25) is 5.02 Å². The molecule has 0 aliphatic carbocycles. The SMILES string of the molecule is O=c1c2ccccc2nc(-c2scnc2-c2ccccc2)n1-c1ccccc1Cl. The van der Waals surface area contributed by atoms with Crippen LogP contribution in [0.3, 0.4) is 0 Å². The number of hydrogen-bond acceptors (Lipinski definition) is 4. The van der Waals surface area contributed by atoms with Gasteiger partial charge in [0.1, 0.15) is 0 Å². The number of thiazole rings is 1. The standard InChI is InChI=1S/C23H14ClN3OS/c24-17-11-5-7-13-19(17)27-22(26-18-12-6-4-10-16(18)23(27)28)21-20(25-14-29-21)15-8-2-1-3-9-15/h1-14H. The van der Waals surface area contributed by atoms with Gasteiger partial charge in [0.05, 0.1) is 37.7 Å². The second-order valence-corrected chi connectivity index (χ2v) is 7.70. The van der Waals surface area contributed by atoms with E-state index in [1.165, 1.54) is 11.3 Å². The van der Waals surface area contributed by atoms with Crippen molar-refractivity contribution in [2.75, 3.05) is 0 Å². The highest BCUT2D eigenvalue weighted by atomic mass is 35.5. The van der Waals surface area contributed by atoms with E-state index in [0.717, 1.165) is 16.1 Å². The molecule has 0 unspecified atom stereocenters. The molecule has 0 atom stereocenters. The zero-order valence-electron chi connectivity index (χ0n) is 15.1. The van der Waals surface area contributed by atoms with Gasteiger partial charge in [0.2, 0.25) is 0 Å². The van der Waals surface area contributed by atoms with Gasteiger partial charge in [0.15, 0.2) is 5.82 Å². The highest BCUT2D eigenvalue weighted by Gasteiger charge is 2.20. The number of aromatic nitrogens is 3. The minimum absolute atomic E-state index is 0.161. The molecule has 3 aromatic carbocycles. The minimum Gasteiger partial charge on any atom is -0.268 e. The average Bonchev–Trinajstić information content (AvgIpc) is 3.25. The first-order valence-corrected chi connectivity index (χ1v) is 10.3. The number of hydrogen-bond donors (Lipinski definition) is 0. The van der Waals surface area contributed by atoms with E-state index in [0.29, 0.717) is 27.4 Å². The molecular formula is C23H14ClN3OS. The molecule has 0 amide bonds. The summed E-state index contributed by atoms with van der Waals surface area (Å²) in [6.45, 7) is 0. The van der Waals surface area contributed by atoms with Crippen LogP contribution in [0, 0.1) is 0 Å². The number of para-hydroxylation sites is 2. The summed E-state index contributed by atoms with van der Waals surface area (Å²) in [4.78, 5) is 23.7. The van der Waals surface area contributed by atoms with E-state index >= 15 is 0 Å². The average molecular weight is 416 g/mol. The number of rotatable bonds is 3. The molecule has 0 bridgehead atoms. The third kappa shape index (κ3) is 3.05. The Kier molecular flexibility index (Phi) is 4.46. The van der Waals surface area contributed by atoms with Crippen molar-refractivity contribution in [3.05, 3.63) is 99.7 Å². The van der Waals surface area contributed by atoms with Crippen LogP contribution in [-0.4, -0.2) is 14.5 Å². The van der Waals surface area contributed by atoms with Crippen molar-refractivity contribution in [3.63, 3.8) is 0 Å². The van der Waals surface area contributed by atoms with Crippen LogP contribution >= 0.6 is 22.9 Å². The third-order valence-corrected chi connectivity index (χ3v) is 5.83. The molecule has 5 rings (SSSR count). The van der Waals surface area contributed by atoms with Crippen LogP contribution in [-0.2, 0) is 0 Å². The molecule has 0 aliphatic heterocycles. The molecule has 0 fully saturated rings. The molecule has 5 aromatic rings. The van der Waals surface area contributed by atoms with Gasteiger partial charge in [-0.25, -0.2) is 9.97 Å². The third-order valence-electron chi connectivity index (χ3n) is 4.69. The highest BCUT2D eigenvalue weighted by Crippen LogP contribution is 2.35. The van der Waals surface area contributed by atoms with Gasteiger partial charge in [0, 0.05) is 5.56 Å². The molecule has 4 nitrogen and oxygen atoms in total. The first-order chi connectivity index (χ1) is 14.2. The number of fused-ring (bicyclic) bond motifs is 1. The summed E-state index contributed by atoms with van der Waals surface area (Å²) in [6.07, 6.45) is 0. The molecule has 2 aromatic heterocycles. The number of nitrogens with zero attached hydrogens (tertiary/aromatic N) is 3. The minimum atomic E-state index is -0.161. The maximum absolute atomic E-state index is 13.5. The normalized spacial score (nSPS) is 11.1. The van der Waals surface area contributed by atoms with E-state index in [-0.39, 0.29) is 5.56 Å². The molecule has 140 valence electrons. The fourth-order valence-corrected chi connectivity index (χ4v) is 4.36. The maximum atomic E-state index is 13.5. The largest absolute Gasteiger partial charge is 0.268 e. The molecule has 2 heterocycles. The molecule has 0 aliphatic rings. The Morgan fingerprint density at radius 3 is 2.41 bits per heavy atom. The van der Waals surface area contributed by atoms with Crippen molar-refractivity contribution in [1.82, 2.24) is 14.5 Å². The first kappa shape index (κ1) is 17.8. The summed E-state index contributed by atoms with van der Waals surface area (Å²) >= 11 is 7.93. The summed E-state index contributed by atoms with van der Waals surface area (Å²) in [7, 11) is 0. The Morgan fingerprint density at radius 2 is 1.59 bits per heavy atom. The van der Waals surface area contributed by atoms with E-state index < -0.39 is 0 Å². The molecular weight excluding hydrogens is 402 g/mol. The number of halogens is 1. The molecule has 0 radical (unpaired) electrons. The summed E-state index contributed by atoms with van der Waals surface area (Å²) in [5.41, 5.74) is 4.61. The predicted octanol–water partition coefficient (Wildman–Crippen LogP) is 5.83. The number of benzene rings is 3. The molecule has 0 N–H and O–H groups in total. The van der Waals surface area contributed by atoms with Crippen LogP contribution in [0.5, 0.6) is 0 Å². The quantitative estimate of drug-likeness (QED) is 0.372. The zero-order valence-corrected chi connectivity index (χ0v) is 16.7. The van der Waals surface area contributed by atoms with E-state index in [1.54, 1.807) is 22.2 Å². The Hall–Kier alpha value is -3.28. The lowest BCUT2D eigenvalue weighted by Crippen LogP contribution is -2.22. The summed E-state index contributed by atoms with van der Waals surface area (Å²) < 4.78 is 1.59. The maximum Gasteiger partial charge on any atom is 0.266 e. The lowest BCUT2D eigenvalue weighted by Gasteiger charge is -2.14. The van der Waals surface area contributed by atoms with Crippen molar-refractivity contribution in [1.29, 1.82) is 0 Å². The second-order valence-electron chi connectivity index (χ2n) is 6.44. The van der Waals surface area contributed by atoms with Crippen LogP contribution in [0.4, 0.5) is 0 Å². The van der Waals surface area contributed by atoms with E-state index in [2.05, 4.69) is 4.98 Å². The molecule has 6 heteroatoms. The van der Waals surface area contributed by atoms with Gasteiger partial charge in [0.25, 0.3) is 5.56 Å². The van der Waals surface area contributed by atoms with Gasteiger partial charge in [-0.15, -0.1) is 11.3 Å². The smallest absolute Gasteiger partial charge is 0.266 e. The predicted molar refractivity (Wildman–Crippen MR) is 119 cm³/mol. The first-order valence-electron chi connectivity index (χ1n) is 9.00. The van der Waals surface area contributed by atoms with Gasteiger partial charge in [-0.05, 0) is 24.3 Å². The lowest BCUT2D eigenvalue weighted by atomic mass is 10.1. The fourth-order valence-electron chi connectivity index (χ4n) is 3.35. The highest BCUT2D eigenvalue weighted by molar-refractivity contribution is 7.13. The van der Waals surface area contributed by atoms with Crippen LogP contribution in [0.25, 0.3) is 38.5 Å². The van der Waals surface area contributed by atoms with Crippen molar-refractivity contribution >= 4 is 33.8 Å². The fraction of sp³-hybridized carbons (Fsp3) is 0. The molecule has 0 spiro atoms. The lowest BCUT2D eigenvalue weighted by molar-refractivity contribution is 0.980. The zero-order chi connectivity index (χ0) is 19.8. The van der Waals surface area contributed by atoms with Crippen LogP contribution in [0.15, 0.2) is 89.2 Å².